The summed E-state index contributed by atoms with van der Waals surface area (Å²) in [6.45, 7) is 4.86. The number of benzene rings is 3. The zero-order chi connectivity index (χ0) is 25.2. The second-order valence-electron chi connectivity index (χ2n) is 9.16. The van der Waals surface area contributed by atoms with Crippen molar-refractivity contribution in [2.45, 2.75) is 26.7 Å². The Morgan fingerprint density at radius 1 is 1.03 bits per heavy atom. The van der Waals surface area contributed by atoms with Crippen LogP contribution in [0.2, 0.25) is 0 Å². The van der Waals surface area contributed by atoms with Gasteiger partial charge in [0.25, 0.3) is 11.5 Å². The second-order valence-corrected chi connectivity index (χ2v) is 9.16. The minimum Gasteiger partial charge on any atom is -0.494 e. The van der Waals surface area contributed by atoms with Crippen molar-refractivity contribution in [3.05, 3.63) is 99.3 Å². The van der Waals surface area contributed by atoms with Gasteiger partial charge in [0.2, 0.25) is 5.88 Å². The lowest BCUT2D eigenvalue weighted by molar-refractivity contribution is -0.119. The summed E-state index contributed by atoms with van der Waals surface area (Å²) in [5.74, 6) is -0.483. The maximum absolute atomic E-state index is 13.3. The third kappa shape index (κ3) is 4.35. The SMILES string of the molecule is Cc1ccc(-n2c(O)c(/C=N/NC(=O)CN3CCCc4ccccc43)c3ccccc3c2=O)c(C)c1. The number of aromatic hydroxyl groups is 1. The highest BCUT2D eigenvalue weighted by Gasteiger charge is 2.19. The summed E-state index contributed by atoms with van der Waals surface area (Å²) < 4.78 is 1.30. The van der Waals surface area contributed by atoms with Gasteiger partial charge in [-0.2, -0.15) is 5.10 Å². The van der Waals surface area contributed by atoms with Crippen LogP contribution >= 0.6 is 0 Å². The molecule has 3 aromatic carbocycles. The molecule has 1 amide bonds. The Balaban J connectivity index is 1.45. The van der Waals surface area contributed by atoms with Gasteiger partial charge in [-0.1, -0.05) is 54.1 Å². The van der Waals surface area contributed by atoms with Crippen molar-refractivity contribution < 1.29 is 9.90 Å². The molecule has 5 rings (SSSR count). The van der Waals surface area contributed by atoms with Crippen molar-refractivity contribution in [3.63, 3.8) is 0 Å². The predicted octanol–water partition coefficient (Wildman–Crippen LogP) is 4.22. The number of hydrogen-bond donors (Lipinski definition) is 2. The number of nitrogens with zero attached hydrogens (tertiary/aromatic N) is 3. The molecule has 2 N–H and O–H groups in total. The number of carbonyl (C=O) groups excluding carboxylic acids is 1. The zero-order valence-corrected chi connectivity index (χ0v) is 20.4. The van der Waals surface area contributed by atoms with Crippen molar-refractivity contribution in [1.82, 2.24) is 9.99 Å². The first-order chi connectivity index (χ1) is 17.4. The lowest BCUT2D eigenvalue weighted by atomic mass is 10.0. The molecule has 0 unspecified atom stereocenters. The monoisotopic (exact) mass is 480 g/mol. The summed E-state index contributed by atoms with van der Waals surface area (Å²) in [4.78, 5) is 28.1. The van der Waals surface area contributed by atoms with E-state index in [1.807, 2.05) is 50.2 Å². The first-order valence-electron chi connectivity index (χ1n) is 12.0. The van der Waals surface area contributed by atoms with Crippen LogP contribution < -0.4 is 15.9 Å². The van der Waals surface area contributed by atoms with Gasteiger partial charge in [-0.25, -0.2) is 9.99 Å². The average Bonchev–Trinajstić information content (AvgIpc) is 2.87. The lowest BCUT2D eigenvalue weighted by Crippen LogP contribution is -2.38. The summed E-state index contributed by atoms with van der Waals surface area (Å²) >= 11 is 0. The van der Waals surface area contributed by atoms with Gasteiger partial charge in [0.15, 0.2) is 0 Å². The number of nitrogens with one attached hydrogen (secondary N) is 1. The molecule has 0 fully saturated rings. The van der Waals surface area contributed by atoms with Gasteiger partial charge < -0.3 is 10.0 Å². The van der Waals surface area contributed by atoms with E-state index in [2.05, 4.69) is 21.5 Å². The van der Waals surface area contributed by atoms with Crippen molar-refractivity contribution >= 4 is 28.6 Å². The molecule has 0 saturated heterocycles. The fourth-order valence-electron chi connectivity index (χ4n) is 4.92. The standard InChI is InChI=1S/C29H28N4O3/c1-19-13-14-25(20(2)16-19)33-28(35)23-11-5-4-10-22(23)24(29(33)36)17-30-31-27(34)18-32-15-7-9-21-8-3-6-12-26(21)32/h3-6,8,10-14,16-17,36H,7,9,15,18H2,1-2H3,(H,31,34)/b30-17+. The molecule has 1 aliphatic rings. The van der Waals surface area contributed by atoms with Gasteiger partial charge >= 0.3 is 0 Å². The quantitative estimate of drug-likeness (QED) is 0.331. The third-order valence-corrected chi connectivity index (χ3v) is 6.62. The number of para-hydroxylation sites is 1. The Bertz CT molecular complexity index is 1550. The molecule has 182 valence electrons. The molecule has 0 radical (unpaired) electrons. The zero-order valence-electron chi connectivity index (χ0n) is 20.4. The Kier molecular flexibility index (Phi) is 6.29. The smallest absolute Gasteiger partial charge is 0.265 e. The van der Waals surface area contributed by atoms with E-state index < -0.39 is 0 Å². The van der Waals surface area contributed by atoms with Crippen LogP contribution in [0.4, 0.5) is 5.69 Å². The maximum atomic E-state index is 13.3. The first-order valence-corrected chi connectivity index (χ1v) is 12.0. The van der Waals surface area contributed by atoms with Crippen LogP contribution in [0.1, 0.15) is 28.7 Å². The van der Waals surface area contributed by atoms with Gasteiger partial charge in [-0.05, 0) is 56.0 Å². The van der Waals surface area contributed by atoms with E-state index in [1.54, 1.807) is 24.3 Å². The lowest BCUT2D eigenvalue weighted by Gasteiger charge is -2.30. The maximum Gasteiger partial charge on any atom is 0.265 e. The summed E-state index contributed by atoms with van der Waals surface area (Å²) in [6.07, 6.45) is 3.40. The third-order valence-electron chi connectivity index (χ3n) is 6.62. The van der Waals surface area contributed by atoms with Gasteiger partial charge in [0.05, 0.1) is 24.0 Å². The number of hydrazone groups is 1. The molecule has 1 aliphatic heterocycles. The Morgan fingerprint density at radius 2 is 1.78 bits per heavy atom. The van der Waals surface area contributed by atoms with E-state index in [0.29, 0.717) is 22.0 Å². The minimum absolute atomic E-state index is 0.184. The Hall–Kier alpha value is -4.39. The molecular weight excluding hydrogens is 452 g/mol. The van der Waals surface area contributed by atoms with Crippen LogP contribution in [0, 0.1) is 13.8 Å². The number of pyridine rings is 1. The molecule has 0 aliphatic carbocycles. The Labute approximate surface area is 209 Å². The molecule has 0 bridgehead atoms. The van der Waals surface area contributed by atoms with Gasteiger partial charge in [-0.3, -0.25) is 9.59 Å². The van der Waals surface area contributed by atoms with Gasteiger partial charge in [-0.15, -0.1) is 0 Å². The molecule has 1 aromatic heterocycles. The van der Waals surface area contributed by atoms with Crippen LogP contribution in [0.15, 0.2) is 76.6 Å². The topological polar surface area (TPSA) is 86.9 Å². The normalized spacial score (nSPS) is 13.2. The van der Waals surface area contributed by atoms with E-state index in [1.165, 1.54) is 16.3 Å². The van der Waals surface area contributed by atoms with Crippen molar-refractivity contribution in [3.8, 4) is 11.6 Å². The molecule has 4 aromatic rings. The highest BCUT2D eigenvalue weighted by Crippen LogP contribution is 2.28. The summed E-state index contributed by atoms with van der Waals surface area (Å²) in [7, 11) is 0. The van der Waals surface area contributed by atoms with E-state index in [-0.39, 0.29) is 23.9 Å². The summed E-state index contributed by atoms with van der Waals surface area (Å²) in [5.41, 5.74) is 7.45. The van der Waals surface area contributed by atoms with Gasteiger partial charge in [0.1, 0.15) is 0 Å². The number of aromatic nitrogens is 1. The van der Waals surface area contributed by atoms with E-state index in [0.717, 1.165) is 36.2 Å². The molecule has 0 saturated carbocycles. The van der Waals surface area contributed by atoms with Crippen molar-refractivity contribution in [1.29, 1.82) is 0 Å². The van der Waals surface area contributed by atoms with Crippen LogP contribution in [0.25, 0.3) is 16.5 Å². The van der Waals surface area contributed by atoms with E-state index in [9.17, 15) is 14.7 Å². The second kappa shape index (κ2) is 9.70. The van der Waals surface area contributed by atoms with Gasteiger partial charge in [0, 0.05) is 23.0 Å². The van der Waals surface area contributed by atoms with Crippen LogP contribution in [0.5, 0.6) is 5.88 Å². The van der Waals surface area contributed by atoms with Crippen molar-refractivity contribution in [2.75, 3.05) is 18.0 Å². The number of amides is 1. The number of rotatable bonds is 5. The van der Waals surface area contributed by atoms with E-state index in [4.69, 9.17) is 0 Å². The van der Waals surface area contributed by atoms with Crippen molar-refractivity contribution in [2.24, 2.45) is 5.10 Å². The molecular formula is C29H28N4O3. The highest BCUT2D eigenvalue weighted by molar-refractivity contribution is 6.02. The molecule has 0 atom stereocenters. The largest absolute Gasteiger partial charge is 0.494 e. The highest BCUT2D eigenvalue weighted by atomic mass is 16.3. The predicted molar refractivity (Wildman–Crippen MR) is 143 cm³/mol. The number of anilines is 1. The molecule has 2 heterocycles. The number of aryl methyl sites for hydroxylation is 3. The van der Waals surface area contributed by atoms with Crippen LogP contribution in [0.3, 0.4) is 0 Å². The average molecular weight is 481 g/mol. The molecule has 7 nitrogen and oxygen atoms in total. The Morgan fingerprint density at radius 3 is 2.58 bits per heavy atom. The molecule has 0 spiro atoms. The molecule has 36 heavy (non-hydrogen) atoms. The van der Waals surface area contributed by atoms with Crippen LogP contribution in [-0.4, -0.2) is 34.9 Å². The fourth-order valence-corrected chi connectivity index (χ4v) is 4.92. The summed E-state index contributed by atoms with van der Waals surface area (Å²) in [6, 6.07) is 20.9. The van der Waals surface area contributed by atoms with E-state index >= 15 is 0 Å². The first kappa shape index (κ1) is 23.4. The molecule has 7 heteroatoms. The summed E-state index contributed by atoms with van der Waals surface area (Å²) in [5, 5.41) is 16.4. The number of hydrogen-bond acceptors (Lipinski definition) is 5. The number of fused-ring (bicyclic) bond motifs is 2. The van der Waals surface area contributed by atoms with Crippen LogP contribution in [-0.2, 0) is 11.2 Å². The number of carbonyl (C=O) groups is 1. The minimum atomic E-state index is -0.319. The fraction of sp³-hybridized carbons (Fsp3) is 0.207.